The van der Waals surface area contributed by atoms with Crippen LogP contribution in [-0.4, -0.2) is 24.4 Å². The van der Waals surface area contributed by atoms with Crippen LogP contribution in [0.3, 0.4) is 0 Å². The van der Waals surface area contributed by atoms with Crippen LogP contribution < -0.4 is 9.64 Å². The smallest absolute Gasteiger partial charge is 0.124 e. The predicted molar refractivity (Wildman–Crippen MR) is 140 cm³/mol. The summed E-state index contributed by atoms with van der Waals surface area (Å²) in [4.78, 5) is 18.9. The molecule has 0 N–H and O–H groups in total. The fourth-order valence-electron chi connectivity index (χ4n) is 4.69. The third kappa shape index (κ3) is 5.44. The molecule has 2 aromatic carbocycles. The Morgan fingerprint density at radius 3 is 2.26 bits per heavy atom. The van der Waals surface area contributed by atoms with Crippen LogP contribution >= 0.6 is 11.6 Å². The molecule has 1 fully saturated rings. The minimum absolute atomic E-state index is 0.349. The van der Waals surface area contributed by atoms with Crippen LogP contribution in [0.5, 0.6) is 5.75 Å². The molecule has 4 rings (SSSR count). The van der Waals surface area contributed by atoms with E-state index in [4.69, 9.17) is 21.3 Å². The van der Waals surface area contributed by atoms with Crippen molar-refractivity contribution in [2.24, 2.45) is 5.41 Å². The Kier molecular flexibility index (Phi) is 7.27. The van der Waals surface area contributed by atoms with E-state index in [1.165, 1.54) is 5.69 Å². The third-order valence-electron chi connectivity index (χ3n) is 6.84. The second-order valence-electron chi connectivity index (χ2n) is 9.95. The largest absolute Gasteiger partial charge is 0.489 e. The number of aryl methyl sites for hydroxylation is 2. The predicted octanol–water partition coefficient (Wildman–Crippen LogP) is 6.97. The number of aldehydes is 1. The van der Waals surface area contributed by atoms with Gasteiger partial charge in [0.25, 0.3) is 0 Å². The Bertz CT molecular complexity index is 1140. The maximum atomic E-state index is 11.6. The number of piperidine rings is 1. The zero-order valence-corrected chi connectivity index (χ0v) is 21.3. The summed E-state index contributed by atoms with van der Waals surface area (Å²) in [6.07, 6.45) is 3.63. The van der Waals surface area contributed by atoms with E-state index in [1.807, 2.05) is 43.3 Å². The highest BCUT2D eigenvalue weighted by Gasteiger charge is 2.29. The summed E-state index contributed by atoms with van der Waals surface area (Å²) in [5, 5.41) is 0.720. The second kappa shape index (κ2) is 10.2. The van der Waals surface area contributed by atoms with Gasteiger partial charge in [-0.1, -0.05) is 49.7 Å². The fourth-order valence-corrected chi connectivity index (χ4v) is 4.82. The van der Waals surface area contributed by atoms with E-state index >= 15 is 0 Å². The summed E-state index contributed by atoms with van der Waals surface area (Å²) >= 11 is 5.97. The van der Waals surface area contributed by atoms with Crippen molar-refractivity contribution in [3.05, 3.63) is 76.1 Å². The second-order valence-corrected chi connectivity index (χ2v) is 10.4. The third-order valence-corrected chi connectivity index (χ3v) is 7.09. The van der Waals surface area contributed by atoms with E-state index < -0.39 is 0 Å². The molecule has 1 aliphatic rings. The zero-order valence-electron chi connectivity index (χ0n) is 20.5. The van der Waals surface area contributed by atoms with Gasteiger partial charge in [-0.15, -0.1) is 0 Å². The van der Waals surface area contributed by atoms with Gasteiger partial charge >= 0.3 is 0 Å². The number of nitrogens with zero attached hydrogens (tertiary/aromatic N) is 2. The Balaban J connectivity index is 1.65. The molecule has 0 saturated carbocycles. The lowest BCUT2D eigenvalue weighted by molar-refractivity contribution is -0.107. The molecule has 0 atom stereocenters. The molecule has 34 heavy (non-hydrogen) atoms. The lowest BCUT2D eigenvalue weighted by atomic mass is 9.82. The fraction of sp³-hybridized carbons (Fsp3) is 0.379. The average Bonchev–Trinajstić information content (AvgIpc) is 2.81. The van der Waals surface area contributed by atoms with Crippen LogP contribution in [-0.2, 0) is 17.8 Å². The van der Waals surface area contributed by atoms with Crippen LogP contribution in [0, 0.1) is 19.3 Å². The summed E-state index contributed by atoms with van der Waals surface area (Å²) < 4.78 is 5.99. The summed E-state index contributed by atoms with van der Waals surface area (Å²) in [7, 11) is 0. The first kappa shape index (κ1) is 24.3. The molecule has 1 aromatic heterocycles. The SMILES string of the molecule is Cc1nc(C)c(-c2ccc(OCc3ccc(Cl)cc3)cc2)c(N2CCC(C)(C)CC2)c1CC=O. The normalized spacial score (nSPS) is 15.3. The number of pyridine rings is 1. The molecule has 0 radical (unpaired) electrons. The summed E-state index contributed by atoms with van der Waals surface area (Å²) in [5.41, 5.74) is 7.77. The highest BCUT2D eigenvalue weighted by Crippen LogP contribution is 2.41. The van der Waals surface area contributed by atoms with Gasteiger partial charge in [0.2, 0.25) is 0 Å². The number of benzene rings is 2. The molecular formula is C29H33ClN2O2. The van der Waals surface area contributed by atoms with Crippen molar-refractivity contribution >= 4 is 23.6 Å². The number of ether oxygens (including phenoxy) is 1. The van der Waals surface area contributed by atoms with E-state index in [0.29, 0.717) is 18.4 Å². The maximum Gasteiger partial charge on any atom is 0.124 e. The van der Waals surface area contributed by atoms with Gasteiger partial charge in [0, 0.05) is 47.0 Å². The Hall–Kier alpha value is -2.85. The van der Waals surface area contributed by atoms with Gasteiger partial charge in [0.05, 0.1) is 5.69 Å². The number of rotatable bonds is 7. The Labute approximate surface area is 207 Å². The van der Waals surface area contributed by atoms with E-state index in [9.17, 15) is 4.79 Å². The van der Waals surface area contributed by atoms with Crippen molar-refractivity contribution in [1.82, 2.24) is 4.98 Å². The van der Waals surface area contributed by atoms with Gasteiger partial charge < -0.3 is 14.4 Å². The van der Waals surface area contributed by atoms with Gasteiger partial charge in [0.15, 0.2) is 0 Å². The zero-order chi connectivity index (χ0) is 24.3. The number of aromatic nitrogens is 1. The lowest BCUT2D eigenvalue weighted by Gasteiger charge is -2.40. The van der Waals surface area contributed by atoms with Crippen molar-refractivity contribution in [3.63, 3.8) is 0 Å². The first-order valence-electron chi connectivity index (χ1n) is 11.9. The minimum atomic E-state index is 0.349. The molecule has 4 nitrogen and oxygen atoms in total. The number of hydrogen-bond acceptors (Lipinski definition) is 4. The molecule has 0 bridgehead atoms. The molecule has 1 saturated heterocycles. The first-order chi connectivity index (χ1) is 16.3. The lowest BCUT2D eigenvalue weighted by Crippen LogP contribution is -2.38. The molecule has 0 spiro atoms. The standard InChI is InChI=1S/C29H33ClN2O2/c1-20-26(13-18-33)28(32-16-14-29(3,4)15-17-32)27(21(2)31-20)23-7-11-25(12-8-23)34-19-22-5-9-24(30)10-6-22/h5-12,18H,13-17,19H2,1-4H3. The van der Waals surface area contributed by atoms with E-state index in [2.05, 4.69) is 37.8 Å². The molecule has 2 heterocycles. The van der Waals surface area contributed by atoms with Gasteiger partial charge in [-0.3, -0.25) is 4.98 Å². The molecular weight excluding hydrogens is 444 g/mol. The van der Waals surface area contributed by atoms with Crippen LogP contribution in [0.25, 0.3) is 11.1 Å². The number of carbonyl (C=O) groups excluding carboxylic acids is 1. The monoisotopic (exact) mass is 476 g/mol. The number of hydrogen-bond donors (Lipinski definition) is 0. The summed E-state index contributed by atoms with van der Waals surface area (Å²) in [5.74, 6) is 0.811. The van der Waals surface area contributed by atoms with Gasteiger partial charge in [0.1, 0.15) is 18.6 Å². The minimum Gasteiger partial charge on any atom is -0.489 e. The number of anilines is 1. The Morgan fingerprint density at radius 2 is 1.65 bits per heavy atom. The molecule has 5 heteroatoms. The van der Waals surface area contributed by atoms with Gasteiger partial charge in [-0.25, -0.2) is 0 Å². The van der Waals surface area contributed by atoms with Crippen LogP contribution in [0.1, 0.15) is 49.2 Å². The van der Waals surface area contributed by atoms with Crippen LogP contribution in [0.2, 0.25) is 5.02 Å². The quantitative estimate of drug-likeness (QED) is 0.345. The molecule has 1 aliphatic heterocycles. The van der Waals surface area contributed by atoms with E-state index in [-0.39, 0.29) is 0 Å². The van der Waals surface area contributed by atoms with Crippen molar-refractivity contribution in [2.45, 2.75) is 53.6 Å². The first-order valence-corrected chi connectivity index (χ1v) is 12.3. The van der Waals surface area contributed by atoms with Crippen LogP contribution in [0.4, 0.5) is 5.69 Å². The average molecular weight is 477 g/mol. The van der Waals surface area contributed by atoms with E-state index in [1.54, 1.807) is 0 Å². The van der Waals surface area contributed by atoms with Gasteiger partial charge in [-0.05, 0) is 67.5 Å². The summed E-state index contributed by atoms with van der Waals surface area (Å²) in [6.45, 7) is 11.2. The maximum absolute atomic E-state index is 11.6. The van der Waals surface area contributed by atoms with Gasteiger partial charge in [-0.2, -0.15) is 0 Å². The van der Waals surface area contributed by atoms with Crippen molar-refractivity contribution in [1.29, 1.82) is 0 Å². The highest BCUT2D eigenvalue weighted by molar-refractivity contribution is 6.30. The molecule has 3 aromatic rings. The van der Waals surface area contributed by atoms with Crippen molar-refractivity contribution in [2.75, 3.05) is 18.0 Å². The van der Waals surface area contributed by atoms with Crippen molar-refractivity contribution < 1.29 is 9.53 Å². The summed E-state index contributed by atoms with van der Waals surface area (Å²) in [6, 6.07) is 15.9. The highest BCUT2D eigenvalue weighted by atomic mass is 35.5. The number of carbonyl (C=O) groups is 1. The Morgan fingerprint density at radius 1 is 1.00 bits per heavy atom. The molecule has 0 unspecified atom stereocenters. The van der Waals surface area contributed by atoms with Crippen LogP contribution in [0.15, 0.2) is 48.5 Å². The molecule has 0 amide bonds. The topological polar surface area (TPSA) is 42.4 Å². The molecule has 178 valence electrons. The number of halogens is 1. The van der Waals surface area contributed by atoms with E-state index in [0.717, 1.165) is 76.6 Å². The van der Waals surface area contributed by atoms with Crippen molar-refractivity contribution in [3.8, 4) is 16.9 Å². The molecule has 0 aliphatic carbocycles.